The first kappa shape index (κ1) is 22.0. The molecule has 3 aliphatic rings. The van der Waals surface area contributed by atoms with E-state index in [-0.39, 0.29) is 30.3 Å². The summed E-state index contributed by atoms with van der Waals surface area (Å²) in [4.78, 5) is 16.4. The summed E-state index contributed by atoms with van der Waals surface area (Å²) in [6.07, 6.45) is -0.879. The average Bonchev–Trinajstić information content (AvgIpc) is 3.20. The number of halogens is 1. The van der Waals surface area contributed by atoms with Gasteiger partial charge in [0.2, 0.25) is 0 Å². The summed E-state index contributed by atoms with van der Waals surface area (Å²) in [6.45, 7) is 6.32. The fraction of sp³-hybridized carbons (Fsp3) is 0.440. The molecule has 7 nitrogen and oxygen atoms in total. The van der Waals surface area contributed by atoms with Crippen molar-refractivity contribution >= 4 is 5.97 Å². The van der Waals surface area contributed by atoms with Crippen LogP contribution in [0.2, 0.25) is 0 Å². The van der Waals surface area contributed by atoms with E-state index < -0.39 is 11.9 Å². The molecule has 0 radical (unpaired) electrons. The average molecular weight is 451 g/mol. The fourth-order valence-corrected chi connectivity index (χ4v) is 5.11. The molecule has 0 saturated carbocycles. The van der Waals surface area contributed by atoms with Crippen LogP contribution in [-0.2, 0) is 16.1 Å². The van der Waals surface area contributed by atoms with Gasteiger partial charge in [0.1, 0.15) is 18.5 Å². The summed E-state index contributed by atoms with van der Waals surface area (Å²) < 4.78 is 25.2. The molecule has 0 spiro atoms. The fourth-order valence-electron chi connectivity index (χ4n) is 5.11. The predicted octanol–water partition coefficient (Wildman–Crippen LogP) is 2.47. The maximum Gasteiger partial charge on any atom is 0.338 e. The summed E-state index contributed by atoms with van der Waals surface area (Å²) >= 11 is 0. The Balaban J connectivity index is 1.20. The minimum Gasteiger partial charge on any atom is -0.457 e. The highest BCUT2D eigenvalue weighted by Gasteiger charge is 2.35. The van der Waals surface area contributed by atoms with Crippen LogP contribution < -0.4 is 0 Å². The number of piperazine rings is 1. The predicted molar refractivity (Wildman–Crippen MR) is 117 cm³/mol. The van der Waals surface area contributed by atoms with E-state index in [4.69, 9.17) is 14.7 Å². The second-order valence-electron chi connectivity index (χ2n) is 8.98. The summed E-state index contributed by atoms with van der Waals surface area (Å²) in [7, 11) is 0. The molecule has 1 N–H and O–H groups in total. The zero-order chi connectivity index (χ0) is 23.1. The van der Waals surface area contributed by atoms with Crippen molar-refractivity contribution in [2.45, 2.75) is 31.8 Å². The van der Waals surface area contributed by atoms with Crippen LogP contribution in [0, 0.1) is 24.1 Å². The Bertz CT molecular complexity index is 1130. The van der Waals surface area contributed by atoms with Crippen LogP contribution in [0.3, 0.4) is 0 Å². The number of esters is 1. The molecule has 0 bridgehead atoms. The number of morpholine rings is 1. The van der Waals surface area contributed by atoms with Gasteiger partial charge in [-0.1, -0.05) is 12.1 Å². The van der Waals surface area contributed by atoms with Gasteiger partial charge in [0.05, 0.1) is 29.9 Å². The molecule has 3 aliphatic heterocycles. The summed E-state index contributed by atoms with van der Waals surface area (Å²) in [6, 6.07) is 10.3. The number of cyclic esters (lactones) is 1. The van der Waals surface area contributed by atoms with Crippen LogP contribution in [0.4, 0.5) is 4.39 Å². The van der Waals surface area contributed by atoms with Gasteiger partial charge >= 0.3 is 5.97 Å². The van der Waals surface area contributed by atoms with E-state index in [9.17, 15) is 14.3 Å². The Kier molecular flexibility index (Phi) is 5.89. The Morgan fingerprint density at radius 2 is 2.12 bits per heavy atom. The number of aliphatic hydroxyl groups excluding tert-OH is 1. The van der Waals surface area contributed by atoms with E-state index >= 15 is 0 Å². The highest BCUT2D eigenvalue weighted by Crippen LogP contribution is 2.31. The van der Waals surface area contributed by atoms with Gasteiger partial charge in [-0.25, -0.2) is 9.18 Å². The van der Waals surface area contributed by atoms with E-state index in [0.717, 1.165) is 41.9 Å². The van der Waals surface area contributed by atoms with Gasteiger partial charge in [-0.2, -0.15) is 5.26 Å². The standard InChI is InChI=1S/C25H26FN3O4/c1-15-19(4-5-20-21(15)14-33-25(20)31)23(30)11-28-6-7-29-12-24(32-13-18(29)10-28)16-2-3-17(9-27)22(26)8-16/h2-5,8,18,23-24,30H,6-7,10-14H2,1H3/t18-,23+,24-/m1/s1. The number of fused-ring (bicyclic) bond motifs is 2. The first-order chi connectivity index (χ1) is 15.9. The molecule has 2 saturated heterocycles. The number of hydrogen-bond acceptors (Lipinski definition) is 7. The largest absolute Gasteiger partial charge is 0.457 e. The van der Waals surface area contributed by atoms with Gasteiger partial charge in [-0.15, -0.1) is 0 Å². The van der Waals surface area contributed by atoms with Crippen LogP contribution in [0.5, 0.6) is 0 Å². The molecule has 2 aromatic carbocycles. The number of β-amino-alcohol motifs (C(OH)–C–C–N with tert-alkyl or cyclic N) is 1. The maximum absolute atomic E-state index is 14.0. The number of aliphatic hydroxyl groups is 1. The number of rotatable bonds is 4. The van der Waals surface area contributed by atoms with Crippen molar-refractivity contribution in [3.8, 4) is 6.07 Å². The third-order valence-corrected chi connectivity index (χ3v) is 7.06. The molecule has 0 aliphatic carbocycles. The van der Waals surface area contributed by atoms with E-state index in [0.29, 0.717) is 25.3 Å². The molecule has 33 heavy (non-hydrogen) atoms. The van der Waals surface area contributed by atoms with Gasteiger partial charge < -0.3 is 14.6 Å². The van der Waals surface area contributed by atoms with E-state index in [1.165, 1.54) is 12.1 Å². The second kappa shape index (κ2) is 8.84. The Morgan fingerprint density at radius 3 is 2.91 bits per heavy atom. The normalized spacial score (nSPS) is 24.0. The monoisotopic (exact) mass is 451 g/mol. The highest BCUT2D eigenvalue weighted by atomic mass is 19.1. The molecule has 172 valence electrons. The molecule has 0 amide bonds. The molecule has 3 atom stereocenters. The van der Waals surface area contributed by atoms with Crippen molar-refractivity contribution in [1.29, 1.82) is 5.26 Å². The van der Waals surface area contributed by atoms with Gasteiger partial charge in [0, 0.05) is 44.3 Å². The third-order valence-electron chi connectivity index (χ3n) is 7.06. The zero-order valence-corrected chi connectivity index (χ0v) is 18.5. The van der Waals surface area contributed by atoms with E-state index in [1.807, 2.05) is 19.1 Å². The molecular weight excluding hydrogens is 425 g/mol. The van der Waals surface area contributed by atoms with Crippen LogP contribution >= 0.6 is 0 Å². The number of hydrogen-bond donors (Lipinski definition) is 1. The number of ether oxygens (including phenoxy) is 2. The van der Waals surface area contributed by atoms with E-state index in [1.54, 1.807) is 12.1 Å². The lowest BCUT2D eigenvalue weighted by molar-refractivity contribution is -0.0938. The zero-order valence-electron chi connectivity index (χ0n) is 18.5. The van der Waals surface area contributed by atoms with Crippen LogP contribution in [0.25, 0.3) is 0 Å². The van der Waals surface area contributed by atoms with Crippen LogP contribution in [0.15, 0.2) is 30.3 Å². The van der Waals surface area contributed by atoms with Crippen molar-refractivity contribution in [2.75, 3.05) is 39.3 Å². The molecule has 0 aromatic heterocycles. The first-order valence-corrected chi connectivity index (χ1v) is 11.2. The van der Waals surface area contributed by atoms with E-state index in [2.05, 4.69) is 9.80 Å². The number of benzene rings is 2. The van der Waals surface area contributed by atoms with Crippen molar-refractivity contribution in [3.63, 3.8) is 0 Å². The molecule has 3 heterocycles. The van der Waals surface area contributed by atoms with Gasteiger partial charge in [-0.3, -0.25) is 9.80 Å². The van der Waals surface area contributed by atoms with Gasteiger partial charge in [-0.05, 0) is 41.8 Å². The summed E-state index contributed by atoms with van der Waals surface area (Å²) in [5, 5.41) is 19.9. The minimum absolute atomic E-state index is 0.0392. The molecule has 2 aromatic rings. The molecule has 8 heteroatoms. The number of nitrogens with zero attached hydrogens (tertiary/aromatic N) is 3. The van der Waals surface area contributed by atoms with Crippen molar-refractivity contribution < 1.29 is 23.8 Å². The smallest absolute Gasteiger partial charge is 0.338 e. The molecular formula is C25H26FN3O4. The van der Waals surface area contributed by atoms with Gasteiger partial charge in [0.25, 0.3) is 0 Å². The molecule has 2 fully saturated rings. The van der Waals surface area contributed by atoms with Crippen LogP contribution in [-0.4, -0.2) is 66.2 Å². The SMILES string of the molecule is Cc1c([C@@H](O)CN2CCN3C[C@H](c4ccc(C#N)c(F)c4)OC[C@H]3C2)ccc2c1COC2=O. The number of carbonyl (C=O) groups is 1. The van der Waals surface area contributed by atoms with Crippen molar-refractivity contribution in [1.82, 2.24) is 9.80 Å². The maximum atomic E-state index is 14.0. The molecule has 5 rings (SSSR count). The molecule has 0 unspecified atom stereocenters. The second-order valence-corrected chi connectivity index (χ2v) is 8.98. The van der Waals surface area contributed by atoms with Crippen molar-refractivity contribution in [3.05, 3.63) is 69.5 Å². The minimum atomic E-state index is -0.656. The first-order valence-electron chi connectivity index (χ1n) is 11.2. The topological polar surface area (TPSA) is 86.0 Å². The van der Waals surface area contributed by atoms with Crippen LogP contribution in [0.1, 0.15) is 50.4 Å². The Labute approximate surface area is 191 Å². The lowest BCUT2D eigenvalue weighted by Crippen LogP contribution is -2.58. The highest BCUT2D eigenvalue weighted by molar-refractivity contribution is 5.93. The lowest BCUT2D eigenvalue weighted by atomic mass is 9.95. The number of carbonyl (C=O) groups excluding carboxylic acids is 1. The van der Waals surface area contributed by atoms with Gasteiger partial charge in [0.15, 0.2) is 0 Å². The Morgan fingerprint density at radius 1 is 1.27 bits per heavy atom. The third kappa shape index (κ3) is 4.13. The number of nitriles is 1. The Hall–Kier alpha value is -2.83. The summed E-state index contributed by atoms with van der Waals surface area (Å²) in [5.74, 6) is -0.818. The van der Waals surface area contributed by atoms with Crippen molar-refractivity contribution in [2.24, 2.45) is 0 Å². The quantitative estimate of drug-likeness (QED) is 0.715. The lowest BCUT2D eigenvalue weighted by Gasteiger charge is -2.46. The summed E-state index contributed by atoms with van der Waals surface area (Å²) in [5.41, 5.74) is 4.00.